The molecule has 1 aromatic carbocycles. The predicted molar refractivity (Wildman–Crippen MR) is 83.0 cm³/mol. The number of hydrogen-bond donors (Lipinski definition) is 1. The number of rotatable bonds is 5. The number of halogens is 1. The molecule has 0 aliphatic heterocycles. The molecule has 1 atom stereocenters. The van der Waals surface area contributed by atoms with Gasteiger partial charge < -0.3 is 10.1 Å². The summed E-state index contributed by atoms with van der Waals surface area (Å²) in [6, 6.07) is 6.25. The van der Waals surface area contributed by atoms with Crippen LogP contribution < -0.4 is 10.1 Å². The van der Waals surface area contributed by atoms with Gasteiger partial charge in [-0.2, -0.15) is 0 Å². The molecule has 4 nitrogen and oxygen atoms in total. The van der Waals surface area contributed by atoms with E-state index in [0.29, 0.717) is 0 Å². The molecule has 0 fully saturated rings. The van der Waals surface area contributed by atoms with Crippen LogP contribution in [0.25, 0.3) is 0 Å². The topological polar surface area (TPSA) is 47.0 Å². The predicted octanol–water partition coefficient (Wildman–Crippen LogP) is 3.06. The first-order valence-electron chi connectivity index (χ1n) is 6.42. The molecule has 5 heteroatoms. The SMILES string of the molecule is CNC(Cc1ccc(OC)c(Br)c1)c1cnc(C)cn1. The molecule has 0 spiro atoms. The number of aromatic nitrogens is 2. The number of methoxy groups -OCH3 is 1. The quantitative estimate of drug-likeness (QED) is 0.912. The lowest BCUT2D eigenvalue weighted by Gasteiger charge is -2.16. The minimum Gasteiger partial charge on any atom is -0.496 e. The van der Waals surface area contributed by atoms with E-state index in [1.54, 1.807) is 13.3 Å². The molecular formula is C15H18BrN3O. The van der Waals surface area contributed by atoms with Crippen molar-refractivity contribution >= 4 is 15.9 Å². The number of ether oxygens (including phenoxy) is 1. The summed E-state index contributed by atoms with van der Waals surface area (Å²) in [6.07, 6.45) is 4.47. The molecule has 1 N–H and O–H groups in total. The Labute approximate surface area is 127 Å². The highest BCUT2D eigenvalue weighted by atomic mass is 79.9. The van der Waals surface area contributed by atoms with Crippen LogP contribution in [0, 0.1) is 6.92 Å². The molecule has 20 heavy (non-hydrogen) atoms. The average Bonchev–Trinajstić information content (AvgIpc) is 2.46. The number of likely N-dealkylation sites (N-methyl/N-ethyl adjacent to an activating group) is 1. The Morgan fingerprint density at radius 3 is 2.65 bits per heavy atom. The third kappa shape index (κ3) is 3.55. The first kappa shape index (κ1) is 14.9. The number of benzene rings is 1. The number of aryl methyl sites for hydroxylation is 1. The van der Waals surface area contributed by atoms with Crippen molar-refractivity contribution in [3.8, 4) is 5.75 Å². The largest absolute Gasteiger partial charge is 0.496 e. The summed E-state index contributed by atoms with van der Waals surface area (Å²) in [4.78, 5) is 8.74. The van der Waals surface area contributed by atoms with Crippen molar-refractivity contribution in [3.63, 3.8) is 0 Å². The first-order valence-corrected chi connectivity index (χ1v) is 7.21. The van der Waals surface area contributed by atoms with Crippen LogP contribution in [0.1, 0.15) is 23.0 Å². The van der Waals surface area contributed by atoms with Crippen LogP contribution in [0.2, 0.25) is 0 Å². The summed E-state index contributed by atoms with van der Waals surface area (Å²) in [5.41, 5.74) is 3.08. The van der Waals surface area contributed by atoms with Crippen molar-refractivity contribution in [1.29, 1.82) is 0 Å². The number of nitrogens with one attached hydrogen (secondary N) is 1. The molecule has 0 saturated heterocycles. The van der Waals surface area contributed by atoms with E-state index in [2.05, 4.69) is 43.3 Å². The van der Waals surface area contributed by atoms with Crippen LogP contribution in [0.3, 0.4) is 0 Å². The molecule has 106 valence electrons. The van der Waals surface area contributed by atoms with Crippen molar-refractivity contribution in [2.75, 3.05) is 14.2 Å². The third-order valence-electron chi connectivity index (χ3n) is 3.16. The molecule has 1 aromatic heterocycles. The van der Waals surface area contributed by atoms with Gasteiger partial charge in [0.2, 0.25) is 0 Å². The van der Waals surface area contributed by atoms with Gasteiger partial charge in [0.05, 0.1) is 35.2 Å². The van der Waals surface area contributed by atoms with E-state index in [-0.39, 0.29) is 6.04 Å². The molecule has 0 radical (unpaired) electrons. The van der Waals surface area contributed by atoms with Crippen molar-refractivity contribution in [3.05, 3.63) is 52.0 Å². The van der Waals surface area contributed by atoms with Gasteiger partial charge in [0.15, 0.2) is 0 Å². The normalized spacial score (nSPS) is 12.2. The standard InChI is InChI=1S/C15H18BrN3O/c1-10-8-19-14(9-18-10)13(17-2)7-11-4-5-15(20-3)12(16)6-11/h4-6,8-9,13,17H,7H2,1-3H3. The maximum absolute atomic E-state index is 5.24. The third-order valence-corrected chi connectivity index (χ3v) is 3.78. The second-order valence-corrected chi connectivity index (χ2v) is 5.45. The number of nitrogens with zero attached hydrogens (tertiary/aromatic N) is 2. The zero-order valence-electron chi connectivity index (χ0n) is 11.9. The lowest BCUT2D eigenvalue weighted by atomic mass is 10.0. The van der Waals surface area contributed by atoms with E-state index in [1.807, 2.05) is 26.2 Å². The second-order valence-electron chi connectivity index (χ2n) is 4.60. The zero-order chi connectivity index (χ0) is 14.5. The summed E-state index contributed by atoms with van der Waals surface area (Å²) in [6.45, 7) is 1.94. The molecule has 0 aliphatic carbocycles. The van der Waals surface area contributed by atoms with Gasteiger partial charge in [0.25, 0.3) is 0 Å². The molecule has 0 saturated carbocycles. The van der Waals surface area contributed by atoms with Crippen LogP contribution in [-0.4, -0.2) is 24.1 Å². The Balaban J connectivity index is 2.17. The van der Waals surface area contributed by atoms with Crippen LogP contribution in [-0.2, 0) is 6.42 Å². The van der Waals surface area contributed by atoms with Gasteiger partial charge >= 0.3 is 0 Å². The van der Waals surface area contributed by atoms with Gasteiger partial charge in [-0.3, -0.25) is 9.97 Å². The maximum atomic E-state index is 5.24. The first-order chi connectivity index (χ1) is 9.63. The molecular weight excluding hydrogens is 318 g/mol. The fourth-order valence-corrected chi connectivity index (χ4v) is 2.60. The molecule has 0 amide bonds. The summed E-state index contributed by atoms with van der Waals surface area (Å²) in [5, 5.41) is 3.29. The van der Waals surface area contributed by atoms with Gasteiger partial charge in [-0.1, -0.05) is 6.07 Å². The van der Waals surface area contributed by atoms with E-state index in [9.17, 15) is 0 Å². The lowest BCUT2D eigenvalue weighted by molar-refractivity contribution is 0.412. The van der Waals surface area contributed by atoms with Crippen molar-refractivity contribution in [2.24, 2.45) is 0 Å². The van der Waals surface area contributed by atoms with E-state index in [4.69, 9.17) is 4.74 Å². The minimum atomic E-state index is 0.142. The van der Waals surface area contributed by atoms with Crippen molar-refractivity contribution < 1.29 is 4.74 Å². The summed E-state index contributed by atoms with van der Waals surface area (Å²) >= 11 is 3.51. The smallest absolute Gasteiger partial charge is 0.133 e. The molecule has 0 aliphatic rings. The Morgan fingerprint density at radius 2 is 2.10 bits per heavy atom. The summed E-state index contributed by atoms with van der Waals surface area (Å²) < 4.78 is 6.20. The Morgan fingerprint density at radius 1 is 1.30 bits per heavy atom. The molecule has 0 bridgehead atoms. The molecule has 1 unspecified atom stereocenters. The van der Waals surface area contributed by atoms with Gasteiger partial charge in [-0.15, -0.1) is 0 Å². The summed E-state index contributed by atoms with van der Waals surface area (Å²) in [7, 11) is 3.60. The molecule has 2 aromatic rings. The van der Waals surface area contributed by atoms with E-state index in [1.165, 1.54) is 5.56 Å². The van der Waals surface area contributed by atoms with Gasteiger partial charge in [0, 0.05) is 6.20 Å². The van der Waals surface area contributed by atoms with E-state index >= 15 is 0 Å². The zero-order valence-corrected chi connectivity index (χ0v) is 13.4. The van der Waals surface area contributed by atoms with Crippen molar-refractivity contribution in [1.82, 2.24) is 15.3 Å². The van der Waals surface area contributed by atoms with Crippen LogP contribution in [0.4, 0.5) is 0 Å². The van der Waals surface area contributed by atoms with Crippen LogP contribution in [0.5, 0.6) is 5.75 Å². The molecule has 1 heterocycles. The number of hydrogen-bond acceptors (Lipinski definition) is 4. The second kappa shape index (κ2) is 6.81. The minimum absolute atomic E-state index is 0.142. The Bertz CT molecular complexity index is 572. The van der Waals surface area contributed by atoms with E-state index in [0.717, 1.165) is 28.0 Å². The van der Waals surface area contributed by atoms with Crippen LogP contribution in [0.15, 0.2) is 35.1 Å². The highest BCUT2D eigenvalue weighted by Gasteiger charge is 2.13. The highest BCUT2D eigenvalue weighted by Crippen LogP contribution is 2.27. The van der Waals surface area contributed by atoms with Crippen LogP contribution >= 0.6 is 15.9 Å². The summed E-state index contributed by atoms with van der Waals surface area (Å²) in [5.74, 6) is 0.838. The maximum Gasteiger partial charge on any atom is 0.133 e. The molecule has 2 rings (SSSR count). The Hall–Kier alpha value is -1.46. The van der Waals surface area contributed by atoms with Gasteiger partial charge in [0.1, 0.15) is 5.75 Å². The fourth-order valence-electron chi connectivity index (χ4n) is 2.01. The monoisotopic (exact) mass is 335 g/mol. The Kier molecular flexibility index (Phi) is 5.09. The van der Waals surface area contributed by atoms with E-state index < -0.39 is 0 Å². The fraction of sp³-hybridized carbons (Fsp3) is 0.333. The van der Waals surface area contributed by atoms with Gasteiger partial charge in [-0.05, 0) is 54.0 Å². The van der Waals surface area contributed by atoms with Gasteiger partial charge in [-0.25, -0.2) is 0 Å². The average molecular weight is 336 g/mol. The lowest BCUT2D eigenvalue weighted by Crippen LogP contribution is -2.20. The highest BCUT2D eigenvalue weighted by molar-refractivity contribution is 9.10. The van der Waals surface area contributed by atoms with Crippen molar-refractivity contribution in [2.45, 2.75) is 19.4 Å².